The number of benzene rings is 2. The van der Waals surface area contributed by atoms with Crippen molar-refractivity contribution in [3.05, 3.63) is 72.3 Å². The first kappa shape index (κ1) is 25.3. The Kier molecular flexibility index (Phi) is 8.98. The van der Waals surface area contributed by atoms with E-state index in [0.29, 0.717) is 25.4 Å². The maximum absolute atomic E-state index is 14.1. The first-order chi connectivity index (χ1) is 15.9. The summed E-state index contributed by atoms with van der Waals surface area (Å²) >= 11 is 0. The largest absolute Gasteiger partial charge is 0.497 e. The van der Waals surface area contributed by atoms with Gasteiger partial charge in [0.1, 0.15) is 11.5 Å². The monoisotopic (exact) mass is 471 g/mol. The van der Waals surface area contributed by atoms with Crippen LogP contribution in [0, 0.1) is 11.8 Å². The van der Waals surface area contributed by atoms with Crippen LogP contribution in [0.1, 0.15) is 50.2 Å². The second-order valence-electron chi connectivity index (χ2n) is 9.08. The van der Waals surface area contributed by atoms with E-state index in [0.717, 1.165) is 41.9 Å². The van der Waals surface area contributed by atoms with Crippen LogP contribution in [0.2, 0.25) is 0 Å². The highest BCUT2D eigenvalue weighted by Crippen LogP contribution is 2.36. The molecule has 5 nitrogen and oxygen atoms in total. The van der Waals surface area contributed by atoms with Crippen LogP contribution >= 0.6 is 0 Å². The summed E-state index contributed by atoms with van der Waals surface area (Å²) < 4.78 is 40.4. The molecule has 3 rings (SSSR count). The number of methoxy groups -OCH3 is 2. The van der Waals surface area contributed by atoms with Crippen LogP contribution < -0.4 is 9.47 Å². The second kappa shape index (κ2) is 11.7. The Hall–Kier alpha value is -2.31. The van der Waals surface area contributed by atoms with Gasteiger partial charge in [-0.15, -0.1) is 6.58 Å². The van der Waals surface area contributed by atoms with Crippen molar-refractivity contribution in [1.29, 1.82) is 0 Å². The van der Waals surface area contributed by atoms with E-state index in [-0.39, 0.29) is 5.92 Å². The molecule has 0 aromatic heterocycles. The maximum Gasteiger partial charge on any atom is 0.217 e. The molecule has 6 heteroatoms. The van der Waals surface area contributed by atoms with Gasteiger partial charge in [-0.05, 0) is 60.1 Å². The van der Waals surface area contributed by atoms with Crippen LogP contribution in [0.25, 0.3) is 0 Å². The predicted octanol–water partition coefficient (Wildman–Crippen LogP) is 5.81. The summed E-state index contributed by atoms with van der Waals surface area (Å²) in [6.45, 7) is 6.54. The van der Waals surface area contributed by atoms with E-state index >= 15 is 0 Å². The van der Waals surface area contributed by atoms with E-state index in [9.17, 15) is 8.42 Å². The van der Waals surface area contributed by atoms with Gasteiger partial charge in [-0.1, -0.05) is 56.5 Å². The SMILES string of the molecule is C=CCC(C)C(CC1CCC1)S(=O)(=O)N(Cc1ccc(OC)cc1)Cc1ccc(OC)cc1. The average Bonchev–Trinajstić information content (AvgIpc) is 2.78. The van der Waals surface area contributed by atoms with Gasteiger partial charge in [0.05, 0.1) is 19.5 Å². The van der Waals surface area contributed by atoms with Gasteiger partial charge in [-0.3, -0.25) is 0 Å². The molecule has 0 aliphatic heterocycles. The maximum atomic E-state index is 14.1. The summed E-state index contributed by atoms with van der Waals surface area (Å²) in [5, 5.41) is -0.419. The van der Waals surface area contributed by atoms with Crippen LogP contribution in [0.4, 0.5) is 0 Å². The number of rotatable bonds is 13. The Balaban J connectivity index is 1.92. The van der Waals surface area contributed by atoms with Gasteiger partial charge in [0, 0.05) is 13.1 Å². The normalized spacial score (nSPS) is 16.1. The minimum atomic E-state index is -3.56. The molecule has 0 heterocycles. The Labute approximate surface area is 199 Å². The molecule has 2 aromatic carbocycles. The molecule has 2 unspecified atom stereocenters. The quantitative estimate of drug-likeness (QED) is 0.346. The molecule has 180 valence electrons. The lowest BCUT2D eigenvalue weighted by atomic mass is 9.80. The molecule has 1 fully saturated rings. The predicted molar refractivity (Wildman–Crippen MR) is 134 cm³/mol. The Morgan fingerprint density at radius 3 is 1.82 bits per heavy atom. The highest BCUT2D eigenvalue weighted by Gasteiger charge is 2.38. The minimum absolute atomic E-state index is 0.0161. The van der Waals surface area contributed by atoms with E-state index in [1.165, 1.54) is 6.42 Å². The summed E-state index contributed by atoms with van der Waals surface area (Å²) in [5.74, 6) is 2.03. The van der Waals surface area contributed by atoms with Crippen LogP contribution in [-0.4, -0.2) is 32.2 Å². The number of sulfonamides is 1. The molecular weight excluding hydrogens is 434 g/mol. The molecule has 0 spiro atoms. The van der Waals surface area contributed by atoms with Crippen LogP contribution in [0.15, 0.2) is 61.2 Å². The smallest absolute Gasteiger partial charge is 0.217 e. The third-order valence-electron chi connectivity index (χ3n) is 6.74. The van der Waals surface area contributed by atoms with Gasteiger partial charge in [0.15, 0.2) is 0 Å². The third kappa shape index (κ3) is 6.61. The first-order valence-electron chi connectivity index (χ1n) is 11.7. The molecule has 0 amide bonds. The van der Waals surface area contributed by atoms with Crippen molar-refractivity contribution in [3.63, 3.8) is 0 Å². The van der Waals surface area contributed by atoms with E-state index in [2.05, 4.69) is 6.58 Å². The van der Waals surface area contributed by atoms with Gasteiger partial charge >= 0.3 is 0 Å². The summed E-state index contributed by atoms with van der Waals surface area (Å²) in [6.07, 6.45) is 6.71. The average molecular weight is 472 g/mol. The van der Waals surface area contributed by atoms with Crippen LogP contribution in [-0.2, 0) is 23.1 Å². The standard InChI is InChI=1S/C27H37NO4S/c1-5-7-21(2)27(18-22-8-6-9-22)33(29,30)28(19-23-10-14-25(31-3)15-11-23)20-24-12-16-26(32-4)17-13-24/h5,10-17,21-22,27H,1,6-9,18-20H2,2-4H3. The fraction of sp³-hybridized carbons (Fsp3) is 0.481. The molecule has 0 saturated heterocycles. The number of allylic oxidation sites excluding steroid dienone is 1. The molecule has 33 heavy (non-hydrogen) atoms. The van der Waals surface area contributed by atoms with Gasteiger partial charge in [0.25, 0.3) is 0 Å². The zero-order valence-electron chi connectivity index (χ0n) is 20.1. The summed E-state index contributed by atoms with van der Waals surface area (Å²) in [5.41, 5.74) is 1.87. The van der Waals surface area contributed by atoms with Gasteiger partial charge < -0.3 is 9.47 Å². The van der Waals surface area contributed by atoms with Crippen molar-refractivity contribution in [3.8, 4) is 11.5 Å². The third-order valence-corrected chi connectivity index (χ3v) is 9.14. The fourth-order valence-corrected chi connectivity index (χ4v) is 6.67. The van der Waals surface area contributed by atoms with Crippen LogP contribution in [0.3, 0.4) is 0 Å². The summed E-state index contributed by atoms with van der Waals surface area (Å²) in [4.78, 5) is 0. The van der Waals surface area contributed by atoms with Crippen molar-refractivity contribution in [2.75, 3.05) is 14.2 Å². The highest BCUT2D eigenvalue weighted by molar-refractivity contribution is 7.89. The van der Waals surface area contributed by atoms with Gasteiger partial charge in [-0.25, -0.2) is 8.42 Å². The lowest BCUT2D eigenvalue weighted by Crippen LogP contribution is -2.42. The van der Waals surface area contributed by atoms with E-state index in [4.69, 9.17) is 9.47 Å². The first-order valence-corrected chi connectivity index (χ1v) is 13.2. The van der Waals surface area contributed by atoms with E-state index in [1.54, 1.807) is 18.5 Å². The highest BCUT2D eigenvalue weighted by atomic mass is 32.2. The number of hydrogen-bond acceptors (Lipinski definition) is 4. The fourth-order valence-electron chi connectivity index (χ4n) is 4.42. The second-order valence-corrected chi connectivity index (χ2v) is 11.2. The lowest BCUT2D eigenvalue weighted by Gasteiger charge is -2.35. The molecule has 0 N–H and O–H groups in total. The summed E-state index contributed by atoms with van der Waals surface area (Å²) in [6, 6.07) is 15.2. The van der Waals surface area contributed by atoms with Crippen molar-refractivity contribution < 1.29 is 17.9 Å². The Bertz CT molecular complexity index is 932. The number of ether oxygens (including phenoxy) is 2. The zero-order chi connectivity index (χ0) is 23.8. The topological polar surface area (TPSA) is 55.8 Å². The van der Waals surface area contributed by atoms with Gasteiger partial charge in [-0.2, -0.15) is 4.31 Å². The van der Waals surface area contributed by atoms with Crippen LogP contribution in [0.5, 0.6) is 11.5 Å². The van der Waals surface area contributed by atoms with Gasteiger partial charge in [0.2, 0.25) is 10.0 Å². The minimum Gasteiger partial charge on any atom is -0.497 e. The molecule has 2 aromatic rings. The summed E-state index contributed by atoms with van der Waals surface area (Å²) in [7, 11) is -0.308. The lowest BCUT2D eigenvalue weighted by molar-refractivity contribution is 0.267. The molecule has 0 bridgehead atoms. The Morgan fingerprint density at radius 2 is 1.45 bits per heavy atom. The van der Waals surface area contributed by atoms with E-state index < -0.39 is 15.3 Å². The molecular formula is C27H37NO4S. The number of nitrogens with zero attached hydrogens (tertiary/aromatic N) is 1. The number of hydrogen-bond donors (Lipinski definition) is 0. The molecule has 2 atom stereocenters. The van der Waals surface area contributed by atoms with Crippen molar-refractivity contribution in [2.45, 2.75) is 57.4 Å². The van der Waals surface area contributed by atoms with Crippen molar-refractivity contribution in [1.82, 2.24) is 4.31 Å². The van der Waals surface area contributed by atoms with E-state index in [1.807, 2.05) is 61.5 Å². The molecule has 1 aliphatic rings. The zero-order valence-corrected chi connectivity index (χ0v) is 20.9. The molecule has 0 radical (unpaired) electrons. The Morgan fingerprint density at radius 1 is 0.970 bits per heavy atom. The van der Waals surface area contributed by atoms with Crippen molar-refractivity contribution in [2.24, 2.45) is 11.8 Å². The molecule has 1 aliphatic carbocycles. The molecule has 1 saturated carbocycles. The van der Waals surface area contributed by atoms with Crippen molar-refractivity contribution >= 4 is 10.0 Å².